The highest BCUT2D eigenvalue weighted by molar-refractivity contribution is 5.75. The number of hydrogen-bond donors (Lipinski definition) is 0. The Hall–Kier alpha value is -0.830. The lowest BCUT2D eigenvalue weighted by molar-refractivity contribution is -0.158. The van der Waals surface area contributed by atoms with Crippen LogP contribution < -0.4 is 0 Å². The van der Waals surface area contributed by atoms with Crippen molar-refractivity contribution in [3.8, 4) is 0 Å². The van der Waals surface area contributed by atoms with Gasteiger partial charge in [0.1, 0.15) is 0 Å². The van der Waals surface area contributed by atoms with Gasteiger partial charge in [-0.25, -0.2) is 4.79 Å². The summed E-state index contributed by atoms with van der Waals surface area (Å²) in [6, 6.07) is 0. The zero-order chi connectivity index (χ0) is 10.7. The lowest BCUT2D eigenvalue weighted by atomic mass is 9.95. The molecular formula is C11H18O3. The number of hydrogen-bond acceptors (Lipinski definition) is 3. The van der Waals surface area contributed by atoms with E-state index in [1.807, 2.05) is 6.92 Å². The van der Waals surface area contributed by atoms with E-state index >= 15 is 0 Å². The second kappa shape index (κ2) is 4.60. The molecule has 3 nitrogen and oxygen atoms in total. The second-order valence-electron chi connectivity index (χ2n) is 4.00. The number of esters is 1. The predicted octanol–water partition coefficient (Wildman–Crippen LogP) is 1.92. The lowest BCUT2D eigenvalue weighted by Crippen LogP contribution is -2.36. The Morgan fingerprint density at radius 1 is 1.64 bits per heavy atom. The molecule has 0 aliphatic carbocycles. The summed E-state index contributed by atoms with van der Waals surface area (Å²) in [7, 11) is 1.39. The average Bonchev–Trinajstić information content (AvgIpc) is 2.17. The van der Waals surface area contributed by atoms with Crippen LogP contribution in [0.3, 0.4) is 0 Å². The molecule has 0 aromatic heterocycles. The molecule has 0 N–H and O–H groups in total. The maximum Gasteiger partial charge on any atom is 0.335 e. The molecule has 1 rings (SSSR count). The van der Waals surface area contributed by atoms with Gasteiger partial charge in [0, 0.05) is 6.42 Å². The van der Waals surface area contributed by atoms with Crippen molar-refractivity contribution < 1.29 is 14.3 Å². The normalized spacial score (nSPS) is 27.4. The number of methoxy groups -OCH3 is 1. The SMILES string of the molecule is COC(=O)[C@H]1CC=C(C)[C@H](C(C)C)O1. The standard InChI is InChI=1S/C11H18O3/c1-7(2)10-8(3)5-6-9(14-10)11(12)13-4/h5,7,9-10H,6H2,1-4H3/t9-,10+/m1/s1. The highest BCUT2D eigenvalue weighted by Crippen LogP contribution is 2.24. The van der Waals surface area contributed by atoms with E-state index in [2.05, 4.69) is 24.7 Å². The fourth-order valence-electron chi connectivity index (χ4n) is 1.72. The Morgan fingerprint density at radius 2 is 2.29 bits per heavy atom. The van der Waals surface area contributed by atoms with Crippen LogP contribution in [0, 0.1) is 5.92 Å². The summed E-state index contributed by atoms with van der Waals surface area (Å²) in [4.78, 5) is 11.3. The van der Waals surface area contributed by atoms with Crippen LogP contribution in [0.5, 0.6) is 0 Å². The largest absolute Gasteiger partial charge is 0.467 e. The van der Waals surface area contributed by atoms with Crippen LogP contribution in [-0.4, -0.2) is 25.3 Å². The quantitative estimate of drug-likeness (QED) is 0.502. The van der Waals surface area contributed by atoms with Crippen LogP contribution in [0.1, 0.15) is 27.2 Å². The van der Waals surface area contributed by atoms with Crippen molar-refractivity contribution in [3.05, 3.63) is 11.6 Å². The van der Waals surface area contributed by atoms with Gasteiger partial charge in [-0.2, -0.15) is 0 Å². The van der Waals surface area contributed by atoms with Crippen molar-refractivity contribution in [3.63, 3.8) is 0 Å². The minimum absolute atomic E-state index is 0.0489. The summed E-state index contributed by atoms with van der Waals surface area (Å²) in [5, 5.41) is 0. The van der Waals surface area contributed by atoms with Crippen LogP contribution in [-0.2, 0) is 14.3 Å². The van der Waals surface area contributed by atoms with E-state index in [0.29, 0.717) is 12.3 Å². The molecule has 0 spiro atoms. The minimum atomic E-state index is -0.420. The van der Waals surface area contributed by atoms with Gasteiger partial charge in [-0.05, 0) is 18.4 Å². The molecule has 0 aromatic carbocycles. The Bertz CT molecular complexity index is 243. The molecule has 0 aromatic rings. The molecule has 0 fully saturated rings. The number of rotatable bonds is 2. The van der Waals surface area contributed by atoms with Gasteiger partial charge < -0.3 is 9.47 Å². The van der Waals surface area contributed by atoms with Crippen LogP contribution in [0.4, 0.5) is 0 Å². The molecule has 0 saturated carbocycles. The van der Waals surface area contributed by atoms with Crippen LogP contribution in [0.15, 0.2) is 11.6 Å². The van der Waals surface area contributed by atoms with Crippen LogP contribution in [0.25, 0.3) is 0 Å². The zero-order valence-corrected chi connectivity index (χ0v) is 9.24. The Labute approximate surface area is 85.1 Å². The van der Waals surface area contributed by atoms with Crippen molar-refractivity contribution >= 4 is 5.97 Å². The molecule has 1 heterocycles. The van der Waals surface area contributed by atoms with Gasteiger partial charge in [-0.1, -0.05) is 19.9 Å². The molecule has 0 radical (unpaired) electrons. The van der Waals surface area contributed by atoms with E-state index in [1.54, 1.807) is 0 Å². The maximum atomic E-state index is 11.3. The van der Waals surface area contributed by atoms with E-state index < -0.39 is 6.10 Å². The van der Waals surface area contributed by atoms with Gasteiger partial charge in [0.05, 0.1) is 13.2 Å². The molecule has 0 unspecified atom stereocenters. The average molecular weight is 198 g/mol. The molecule has 14 heavy (non-hydrogen) atoms. The van der Waals surface area contributed by atoms with Crippen LogP contribution in [0.2, 0.25) is 0 Å². The first-order valence-electron chi connectivity index (χ1n) is 4.96. The summed E-state index contributed by atoms with van der Waals surface area (Å²) in [5.74, 6) is 0.109. The summed E-state index contributed by atoms with van der Waals surface area (Å²) < 4.78 is 10.3. The fourth-order valence-corrected chi connectivity index (χ4v) is 1.72. The molecule has 0 saturated heterocycles. The molecule has 3 heteroatoms. The lowest BCUT2D eigenvalue weighted by Gasteiger charge is -2.30. The third-order valence-corrected chi connectivity index (χ3v) is 2.48. The van der Waals surface area contributed by atoms with Crippen molar-refractivity contribution in [1.29, 1.82) is 0 Å². The summed E-state index contributed by atoms with van der Waals surface area (Å²) in [6.07, 6.45) is 2.32. The smallest absolute Gasteiger partial charge is 0.335 e. The molecule has 1 aliphatic rings. The highest BCUT2D eigenvalue weighted by atomic mass is 16.6. The van der Waals surface area contributed by atoms with Gasteiger partial charge in [-0.3, -0.25) is 0 Å². The van der Waals surface area contributed by atoms with E-state index in [9.17, 15) is 4.79 Å². The zero-order valence-electron chi connectivity index (χ0n) is 9.24. The van der Waals surface area contributed by atoms with Crippen LogP contribution >= 0.6 is 0 Å². The number of carbonyl (C=O) groups excluding carboxylic acids is 1. The summed E-state index contributed by atoms with van der Waals surface area (Å²) in [6.45, 7) is 6.21. The Balaban J connectivity index is 2.69. The molecule has 2 atom stereocenters. The minimum Gasteiger partial charge on any atom is -0.467 e. The number of carbonyl (C=O) groups is 1. The molecule has 0 bridgehead atoms. The maximum absolute atomic E-state index is 11.3. The first kappa shape index (κ1) is 11.2. The monoisotopic (exact) mass is 198 g/mol. The van der Waals surface area contributed by atoms with Crippen molar-refractivity contribution in [1.82, 2.24) is 0 Å². The first-order valence-corrected chi connectivity index (χ1v) is 4.96. The Morgan fingerprint density at radius 3 is 2.79 bits per heavy atom. The van der Waals surface area contributed by atoms with Crippen molar-refractivity contribution in [2.75, 3.05) is 7.11 Å². The van der Waals surface area contributed by atoms with Gasteiger partial charge in [0.2, 0.25) is 0 Å². The van der Waals surface area contributed by atoms with Gasteiger partial charge in [-0.15, -0.1) is 0 Å². The third-order valence-electron chi connectivity index (χ3n) is 2.48. The molecular weight excluding hydrogens is 180 g/mol. The molecule has 0 amide bonds. The van der Waals surface area contributed by atoms with Gasteiger partial charge >= 0.3 is 5.97 Å². The van der Waals surface area contributed by atoms with Gasteiger partial charge in [0.15, 0.2) is 6.10 Å². The Kier molecular flexibility index (Phi) is 3.69. The molecule has 1 aliphatic heterocycles. The van der Waals surface area contributed by atoms with Crippen molar-refractivity contribution in [2.45, 2.75) is 39.4 Å². The highest BCUT2D eigenvalue weighted by Gasteiger charge is 2.29. The first-order chi connectivity index (χ1) is 6.56. The van der Waals surface area contributed by atoms with E-state index in [4.69, 9.17) is 4.74 Å². The van der Waals surface area contributed by atoms with Crippen molar-refractivity contribution in [2.24, 2.45) is 5.92 Å². The topological polar surface area (TPSA) is 35.5 Å². The molecule has 80 valence electrons. The van der Waals surface area contributed by atoms with E-state index in [-0.39, 0.29) is 12.1 Å². The predicted molar refractivity (Wildman–Crippen MR) is 53.9 cm³/mol. The summed E-state index contributed by atoms with van der Waals surface area (Å²) >= 11 is 0. The van der Waals surface area contributed by atoms with E-state index in [1.165, 1.54) is 12.7 Å². The second-order valence-corrected chi connectivity index (χ2v) is 4.00. The van der Waals surface area contributed by atoms with E-state index in [0.717, 1.165) is 0 Å². The third kappa shape index (κ3) is 2.35. The number of ether oxygens (including phenoxy) is 2. The fraction of sp³-hybridized carbons (Fsp3) is 0.727. The summed E-state index contributed by atoms with van der Waals surface area (Å²) in [5.41, 5.74) is 1.21. The van der Waals surface area contributed by atoms with Gasteiger partial charge in [0.25, 0.3) is 0 Å².